The molecule has 0 aliphatic carbocycles. The number of nitrogens with zero attached hydrogens (tertiary/aromatic N) is 2. The molecule has 1 aliphatic rings. The van der Waals surface area contributed by atoms with Crippen LogP contribution < -0.4 is 20.3 Å². The number of ether oxygens (including phenoxy) is 1. The minimum atomic E-state index is -0.223. The number of benzene rings is 2. The Kier molecular flexibility index (Phi) is 8.82. The fraction of sp³-hybridized carbons (Fsp3) is 0.381. The van der Waals surface area contributed by atoms with Crippen molar-refractivity contribution in [2.75, 3.05) is 38.7 Å². The van der Waals surface area contributed by atoms with Crippen molar-refractivity contribution >= 4 is 35.6 Å². The van der Waals surface area contributed by atoms with Crippen molar-refractivity contribution in [3.63, 3.8) is 0 Å². The molecular weight excluding hydrogens is 470 g/mol. The van der Waals surface area contributed by atoms with Crippen LogP contribution in [0.2, 0.25) is 0 Å². The van der Waals surface area contributed by atoms with Crippen molar-refractivity contribution in [1.82, 2.24) is 10.6 Å². The molecule has 0 amide bonds. The average Bonchev–Trinajstić information content (AvgIpc) is 3.17. The molecular formula is C21H28FIN4O. The minimum Gasteiger partial charge on any atom is -0.495 e. The maximum absolute atomic E-state index is 13.3. The summed E-state index contributed by atoms with van der Waals surface area (Å²) in [6, 6.07) is 14.7. The molecule has 0 saturated carbocycles. The topological polar surface area (TPSA) is 48.9 Å². The average molecular weight is 498 g/mol. The summed E-state index contributed by atoms with van der Waals surface area (Å²) in [4.78, 5) is 6.63. The van der Waals surface area contributed by atoms with E-state index in [0.717, 1.165) is 49.0 Å². The highest BCUT2D eigenvalue weighted by molar-refractivity contribution is 14.0. The highest BCUT2D eigenvalue weighted by Crippen LogP contribution is 2.31. The van der Waals surface area contributed by atoms with E-state index in [1.165, 1.54) is 12.1 Å². The molecule has 0 radical (unpaired) electrons. The maximum atomic E-state index is 13.3. The summed E-state index contributed by atoms with van der Waals surface area (Å²) >= 11 is 0. The third kappa shape index (κ3) is 5.98. The Balaban J connectivity index is 0.00000280. The van der Waals surface area contributed by atoms with E-state index >= 15 is 0 Å². The molecule has 2 N–H and O–H groups in total. The molecule has 1 atom stereocenters. The van der Waals surface area contributed by atoms with E-state index in [2.05, 4.69) is 26.6 Å². The molecule has 1 saturated heterocycles. The van der Waals surface area contributed by atoms with Gasteiger partial charge in [0.25, 0.3) is 0 Å². The van der Waals surface area contributed by atoms with Crippen LogP contribution in [-0.4, -0.2) is 39.8 Å². The van der Waals surface area contributed by atoms with Crippen molar-refractivity contribution < 1.29 is 9.13 Å². The zero-order chi connectivity index (χ0) is 19.1. The summed E-state index contributed by atoms with van der Waals surface area (Å²) in [7, 11) is 3.46. The molecule has 5 nitrogen and oxygen atoms in total. The number of nitrogens with one attached hydrogen (secondary N) is 2. The Morgan fingerprint density at radius 2 is 2.04 bits per heavy atom. The fourth-order valence-electron chi connectivity index (χ4n) is 3.40. The second-order valence-corrected chi connectivity index (χ2v) is 6.71. The number of guanidine groups is 1. The zero-order valence-electron chi connectivity index (χ0n) is 16.3. The van der Waals surface area contributed by atoms with Crippen molar-refractivity contribution in [3.05, 3.63) is 59.9 Å². The molecule has 1 unspecified atom stereocenters. The van der Waals surface area contributed by atoms with Gasteiger partial charge in [0, 0.05) is 33.2 Å². The van der Waals surface area contributed by atoms with Gasteiger partial charge in [0.1, 0.15) is 11.6 Å². The quantitative estimate of drug-likeness (QED) is 0.363. The van der Waals surface area contributed by atoms with Crippen LogP contribution in [0, 0.1) is 11.7 Å². The van der Waals surface area contributed by atoms with Gasteiger partial charge in [-0.15, -0.1) is 24.0 Å². The van der Waals surface area contributed by atoms with Gasteiger partial charge in [0.15, 0.2) is 5.96 Å². The highest BCUT2D eigenvalue weighted by atomic mass is 127. The third-order valence-corrected chi connectivity index (χ3v) is 4.84. The van der Waals surface area contributed by atoms with Gasteiger partial charge >= 0.3 is 0 Å². The summed E-state index contributed by atoms with van der Waals surface area (Å²) in [5, 5.41) is 6.62. The molecule has 1 aliphatic heterocycles. The molecule has 2 aromatic rings. The Morgan fingerprint density at radius 3 is 2.79 bits per heavy atom. The van der Waals surface area contributed by atoms with Gasteiger partial charge in [0.05, 0.1) is 12.8 Å². The minimum absolute atomic E-state index is 0. The first-order valence-corrected chi connectivity index (χ1v) is 9.26. The summed E-state index contributed by atoms with van der Waals surface area (Å²) in [5.41, 5.74) is 2.04. The highest BCUT2D eigenvalue weighted by Gasteiger charge is 2.24. The Morgan fingerprint density at radius 1 is 1.21 bits per heavy atom. The van der Waals surface area contributed by atoms with Crippen molar-refractivity contribution in [1.29, 1.82) is 0 Å². The van der Waals surface area contributed by atoms with E-state index in [-0.39, 0.29) is 29.8 Å². The summed E-state index contributed by atoms with van der Waals surface area (Å²) in [6.07, 6.45) is 1.12. The fourth-order valence-corrected chi connectivity index (χ4v) is 3.40. The second kappa shape index (κ2) is 11.1. The Hall–Kier alpha value is -2.03. The van der Waals surface area contributed by atoms with Crippen LogP contribution in [0.5, 0.6) is 5.75 Å². The normalized spacial score (nSPS) is 16.5. The third-order valence-electron chi connectivity index (χ3n) is 4.84. The number of methoxy groups -OCH3 is 1. The molecule has 0 aromatic heterocycles. The number of hydrogen-bond donors (Lipinski definition) is 2. The van der Waals surface area contributed by atoms with Gasteiger partial charge in [-0.25, -0.2) is 4.39 Å². The molecule has 0 bridgehead atoms. The maximum Gasteiger partial charge on any atom is 0.191 e. The van der Waals surface area contributed by atoms with Crippen molar-refractivity contribution in [2.45, 2.75) is 13.0 Å². The summed E-state index contributed by atoms with van der Waals surface area (Å²) in [5.74, 6) is 1.95. The van der Waals surface area contributed by atoms with Crippen molar-refractivity contribution in [2.24, 2.45) is 10.9 Å². The van der Waals surface area contributed by atoms with E-state index in [9.17, 15) is 4.39 Å². The molecule has 1 fully saturated rings. The van der Waals surface area contributed by atoms with Gasteiger partial charge in [-0.05, 0) is 42.2 Å². The lowest BCUT2D eigenvalue weighted by molar-refractivity contribution is 0.414. The van der Waals surface area contributed by atoms with E-state index < -0.39 is 0 Å². The predicted molar refractivity (Wildman–Crippen MR) is 123 cm³/mol. The number of anilines is 1. The molecule has 7 heteroatoms. The molecule has 0 spiro atoms. The lowest BCUT2D eigenvalue weighted by Gasteiger charge is -2.21. The van der Waals surface area contributed by atoms with Crippen LogP contribution in [0.3, 0.4) is 0 Å². The SMILES string of the molecule is CN=C(NCc1cccc(F)c1)NCC1CCN(c2ccccc2OC)C1.I. The first-order chi connectivity index (χ1) is 13.2. The number of halogens is 2. The van der Waals surface area contributed by atoms with E-state index in [4.69, 9.17) is 4.74 Å². The van der Waals surface area contributed by atoms with Crippen LogP contribution in [0.4, 0.5) is 10.1 Å². The number of hydrogen-bond acceptors (Lipinski definition) is 3. The number of aliphatic imine (C=N–C) groups is 1. The van der Waals surface area contributed by atoms with Gasteiger partial charge in [-0.2, -0.15) is 0 Å². The van der Waals surface area contributed by atoms with E-state index in [1.54, 1.807) is 20.2 Å². The Bertz CT molecular complexity index is 787. The first kappa shape index (κ1) is 22.3. The zero-order valence-corrected chi connectivity index (χ0v) is 18.7. The monoisotopic (exact) mass is 498 g/mol. The number of para-hydroxylation sites is 2. The second-order valence-electron chi connectivity index (χ2n) is 6.71. The molecule has 3 rings (SSSR count). The summed E-state index contributed by atoms with van der Waals surface area (Å²) in [6.45, 7) is 3.38. The van der Waals surface area contributed by atoms with Crippen LogP contribution in [0.25, 0.3) is 0 Å². The van der Waals surface area contributed by atoms with Gasteiger partial charge < -0.3 is 20.3 Å². The molecule has 152 valence electrons. The Labute approximate surface area is 183 Å². The smallest absolute Gasteiger partial charge is 0.191 e. The van der Waals surface area contributed by atoms with Crippen LogP contribution in [-0.2, 0) is 6.54 Å². The van der Waals surface area contributed by atoms with Gasteiger partial charge in [0.2, 0.25) is 0 Å². The number of rotatable bonds is 6. The molecule has 28 heavy (non-hydrogen) atoms. The van der Waals surface area contributed by atoms with Crippen LogP contribution in [0.1, 0.15) is 12.0 Å². The van der Waals surface area contributed by atoms with Crippen molar-refractivity contribution in [3.8, 4) is 5.75 Å². The standard InChI is InChI=1S/C21H27FN4O.HI/c1-23-21(24-13-16-6-5-7-18(22)12-16)25-14-17-10-11-26(15-17)19-8-3-4-9-20(19)27-2;/h3-9,12,17H,10-11,13-15H2,1-2H3,(H2,23,24,25);1H. The summed E-state index contributed by atoms with van der Waals surface area (Å²) < 4.78 is 18.7. The van der Waals surface area contributed by atoms with E-state index in [1.807, 2.05) is 24.3 Å². The molecule has 1 heterocycles. The largest absolute Gasteiger partial charge is 0.495 e. The van der Waals surface area contributed by atoms with Gasteiger partial charge in [-0.1, -0.05) is 24.3 Å². The lowest BCUT2D eigenvalue weighted by atomic mass is 10.1. The first-order valence-electron chi connectivity index (χ1n) is 9.26. The van der Waals surface area contributed by atoms with Gasteiger partial charge in [-0.3, -0.25) is 4.99 Å². The lowest BCUT2D eigenvalue weighted by Crippen LogP contribution is -2.40. The van der Waals surface area contributed by atoms with Crippen LogP contribution in [0.15, 0.2) is 53.5 Å². The van der Waals surface area contributed by atoms with Crippen LogP contribution >= 0.6 is 24.0 Å². The predicted octanol–water partition coefficient (Wildman–Crippen LogP) is 3.64. The molecule has 2 aromatic carbocycles. The van der Waals surface area contributed by atoms with E-state index in [0.29, 0.717) is 12.5 Å².